The molecule has 2 nitrogen and oxygen atoms in total. The van der Waals surface area contributed by atoms with Crippen LogP contribution in [-0.4, -0.2) is 17.3 Å². The zero-order valence-electron chi connectivity index (χ0n) is 8.13. The average molecular weight is 183 g/mol. The van der Waals surface area contributed by atoms with Gasteiger partial charge in [0.05, 0.1) is 6.54 Å². The third-order valence-corrected chi connectivity index (χ3v) is 1.95. The number of hydrogen-bond donors (Lipinski definition) is 1. The molecule has 0 saturated carbocycles. The van der Waals surface area contributed by atoms with Crippen molar-refractivity contribution in [3.63, 3.8) is 0 Å². The van der Waals surface area contributed by atoms with Crippen molar-refractivity contribution in [3.8, 4) is 0 Å². The van der Waals surface area contributed by atoms with Gasteiger partial charge in [0.25, 0.3) is 0 Å². The van der Waals surface area contributed by atoms with E-state index in [0.717, 1.165) is 16.2 Å². The van der Waals surface area contributed by atoms with E-state index in [0.29, 0.717) is 5.56 Å². The summed E-state index contributed by atoms with van der Waals surface area (Å²) >= 11 is 0. The lowest BCUT2D eigenvalue weighted by atomic mass is 10.1. The van der Waals surface area contributed by atoms with Gasteiger partial charge in [0.1, 0.15) is 5.82 Å². The van der Waals surface area contributed by atoms with Gasteiger partial charge in [0, 0.05) is 12.6 Å². The Morgan fingerprint density at radius 2 is 2.00 bits per heavy atom. The molecule has 0 aromatic heterocycles. The predicted octanol–water partition coefficient (Wildman–Crippen LogP) is 2.26. The highest BCUT2D eigenvalue weighted by Gasteiger charge is 2.07. The number of halogens is 1. The number of benzene rings is 1. The van der Waals surface area contributed by atoms with Crippen molar-refractivity contribution < 1.29 is 9.60 Å². The van der Waals surface area contributed by atoms with Gasteiger partial charge >= 0.3 is 0 Å². The Bertz CT molecular complexity index is 287. The highest BCUT2D eigenvalue weighted by atomic mass is 19.1. The number of rotatable bonds is 2. The van der Waals surface area contributed by atoms with Crippen LogP contribution in [0.2, 0.25) is 0 Å². The second-order valence-corrected chi connectivity index (χ2v) is 3.36. The monoisotopic (exact) mass is 183 g/mol. The van der Waals surface area contributed by atoms with E-state index in [4.69, 9.17) is 5.21 Å². The molecule has 0 aliphatic carbocycles. The molecule has 0 fully saturated rings. The van der Waals surface area contributed by atoms with Crippen molar-refractivity contribution in [1.29, 1.82) is 0 Å². The fourth-order valence-corrected chi connectivity index (χ4v) is 1.37. The van der Waals surface area contributed by atoms with E-state index in [1.54, 1.807) is 0 Å². The Hall–Kier alpha value is -0.930. The number of hydrogen-bond acceptors (Lipinski definition) is 2. The molecule has 3 heteroatoms. The SMILES string of the molecule is Cc1cc(C)c(CN(C)O)c(F)c1. The summed E-state index contributed by atoms with van der Waals surface area (Å²) in [6.45, 7) is 3.91. The highest BCUT2D eigenvalue weighted by Crippen LogP contribution is 2.16. The Morgan fingerprint density at radius 1 is 1.38 bits per heavy atom. The van der Waals surface area contributed by atoms with Gasteiger partial charge in [0.15, 0.2) is 0 Å². The van der Waals surface area contributed by atoms with E-state index in [-0.39, 0.29) is 12.4 Å². The normalized spacial score (nSPS) is 10.9. The first-order valence-electron chi connectivity index (χ1n) is 4.16. The zero-order valence-corrected chi connectivity index (χ0v) is 8.13. The summed E-state index contributed by atoms with van der Waals surface area (Å²) in [6, 6.07) is 3.38. The Morgan fingerprint density at radius 3 is 2.46 bits per heavy atom. The minimum absolute atomic E-state index is 0.220. The summed E-state index contributed by atoms with van der Waals surface area (Å²) in [5.74, 6) is -0.251. The van der Waals surface area contributed by atoms with Gasteiger partial charge in [-0.1, -0.05) is 6.07 Å². The molecule has 0 atom stereocenters. The van der Waals surface area contributed by atoms with Gasteiger partial charge in [-0.05, 0) is 31.0 Å². The smallest absolute Gasteiger partial charge is 0.128 e. The third-order valence-electron chi connectivity index (χ3n) is 1.95. The van der Waals surface area contributed by atoms with Crippen LogP contribution in [0.25, 0.3) is 0 Å². The first-order valence-corrected chi connectivity index (χ1v) is 4.16. The van der Waals surface area contributed by atoms with Crippen LogP contribution < -0.4 is 0 Å². The van der Waals surface area contributed by atoms with Crippen LogP contribution in [0.3, 0.4) is 0 Å². The van der Waals surface area contributed by atoms with Gasteiger partial charge in [-0.25, -0.2) is 4.39 Å². The summed E-state index contributed by atoms with van der Waals surface area (Å²) in [5.41, 5.74) is 2.33. The van der Waals surface area contributed by atoms with Crippen molar-refractivity contribution >= 4 is 0 Å². The molecule has 1 N–H and O–H groups in total. The largest absolute Gasteiger partial charge is 0.314 e. The first kappa shape index (κ1) is 10.2. The maximum absolute atomic E-state index is 13.3. The molecule has 1 rings (SSSR count). The lowest BCUT2D eigenvalue weighted by Gasteiger charge is -2.12. The minimum Gasteiger partial charge on any atom is -0.314 e. The molecule has 13 heavy (non-hydrogen) atoms. The quantitative estimate of drug-likeness (QED) is 0.711. The van der Waals surface area contributed by atoms with Crippen LogP contribution in [0, 0.1) is 19.7 Å². The summed E-state index contributed by atoms with van der Waals surface area (Å²) < 4.78 is 13.3. The molecule has 72 valence electrons. The van der Waals surface area contributed by atoms with Gasteiger partial charge < -0.3 is 5.21 Å². The molecule has 0 saturated heterocycles. The fraction of sp³-hybridized carbons (Fsp3) is 0.400. The maximum atomic E-state index is 13.3. The Labute approximate surface area is 77.6 Å². The van der Waals surface area contributed by atoms with Gasteiger partial charge in [-0.3, -0.25) is 0 Å². The molecule has 0 bridgehead atoms. The molecular formula is C10H14FNO. The summed E-state index contributed by atoms with van der Waals surface area (Å²) in [5, 5.41) is 9.96. The number of nitrogens with zero attached hydrogens (tertiary/aromatic N) is 1. The summed E-state index contributed by atoms with van der Waals surface area (Å²) in [4.78, 5) is 0. The molecule has 0 unspecified atom stereocenters. The molecular weight excluding hydrogens is 169 g/mol. The molecule has 1 aromatic rings. The maximum Gasteiger partial charge on any atom is 0.128 e. The number of aryl methyl sites for hydroxylation is 2. The molecule has 0 heterocycles. The first-order chi connectivity index (χ1) is 6.00. The molecule has 0 spiro atoms. The highest BCUT2D eigenvalue weighted by molar-refractivity contribution is 5.31. The second kappa shape index (κ2) is 3.85. The van der Waals surface area contributed by atoms with E-state index < -0.39 is 0 Å². The average Bonchev–Trinajstić information content (AvgIpc) is 1.96. The van der Waals surface area contributed by atoms with E-state index in [1.165, 1.54) is 13.1 Å². The van der Waals surface area contributed by atoms with Crippen molar-refractivity contribution in [1.82, 2.24) is 5.06 Å². The van der Waals surface area contributed by atoms with Crippen molar-refractivity contribution in [2.24, 2.45) is 0 Å². The van der Waals surface area contributed by atoms with Gasteiger partial charge in [-0.15, -0.1) is 0 Å². The van der Waals surface area contributed by atoms with E-state index >= 15 is 0 Å². The van der Waals surface area contributed by atoms with Crippen LogP contribution in [-0.2, 0) is 6.54 Å². The van der Waals surface area contributed by atoms with Crippen molar-refractivity contribution in [3.05, 3.63) is 34.6 Å². The van der Waals surface area contributed by atoms with E-state index in [2.05, 4.69) is 0 Å². The summed E-state index contributed by atoms with van der Waals surface area (Å²) in [7, 11) is 1.50. The summed E-state index contributed by atoms with van der Waals surface area (Å²) in [6.07, 6.45) is 0. The van der Waals surface area contributed by atoms with Crippen LogP contribution >= 0.6 is 0 Å². The molecule has 0 amide bonds. The van der Waals surface area contributed by atoms with Gasteiger partial charge in [0.2, 0.25) is 0 Å². The van der Waals surface area contributed by atoms with E-state index in [9.17, 15) is 4.39 Å². The third kappa shape index (κ3) is 2.50. The van der Waals surface area contributed by atoms with Crippen molar-refractivity contribution in [2.75, 3.05) is 7.05 Å². The fourth-order valence-electron chi connectivity index (χ4n) is 1.37. The van der Waals surface area contributed by atoms with Crippen LogP contribution in [0.4, 0.5) is 4.39 Å². The second-order valence-electron chi connectivity index (χ2n) is 3.36. The minimum atomic E-state index is -0.251. The van der Waals surface area contributed by atoms with E-state index in [1.807, 2.05) is 19.9 Å². The topological polar surface area (TPSA) is 23.5 Å². The Balaban J connectivity index is 3.06. The van der Waals surface area contributed by atoms with Crippen LogP contribution in [0.1, 0.15) is 16.7 Å². The number of hydroxylamine groups is 2. The van der Waals surface area contributed by atoms with Crippen molar-refractivity contribution in [2.45, 2.75) is 20.4 Å². The lowest BCUT2D eigenvalue weighted by molar-refractivity contribution is -0.0739. The zero-order chi connectivity index (χ0) is 10.0. The molecule has 0 aliphatic heterocycles. The van der Waals surface area contributed by atoms with Crippen LogP contribution in [0.5, 0.6) is 0 Å². The predicted molar refractivity (Wildman–Crippen MR) is 49.1 cm³/mol. The molecule has 1 aromatic carbocycles. The lowest BCUT2D eigenvalue weighted by Crippen LogP contribution is -2.14. The molecule has 0 radical (unpaired) electrons. The molecule has 0 aliphatic rings. The van der Waals surface area contributed by atoms with Gasteiger partial charge in [-0.2, -0.15) is 5.06 Å². The standard InChI is InChI=1S/C10H14FNO/c1-7-4-8(2)9(6-12(3)13)10(11)5-7/h4-5,13H,6H2,1-3H3. The van der Waals surface area contributed by atoms with Crippen LogP contribution in [0.15, 0.2) is 12.1 Å². The Kier molecular flexibility index (Phi) is 3.01.